The molecule has 0 spiro atoms. The number of nitrogens with zero attached hydrogens (tertiary/aromatic N) is 2. The predicted octanol–water partition coefficient (Wildman–Crippen LogP) is 4.82. The Morgan fingerprint density at radius 1 is 0.821 bits per heavy atom. The number of anilines is 1. The number of carbonyl (C=O) groups excluding carboxylic acids is 1. The maximum absolute atomic E-state index is 13.0. The number of carbonyl (C=O) groups is 1. The fourth-order valence-corrected chi connectivity index (χ4v) is 3.63. The number of alkyl halides is 3. The Bertz CT molecular complexity index is 1000. The highest BCUT2D eigenvalue weighted by Gasteiger charge is 2.31. The number of amides is 1. The average Bonchev–Trinajstić information content (AvgIpc) is 2.72. The van der Waals surface area contributed by atoms with E-state index in [0.29, 0.717) is 37.4 Å². The average molecular weight is 384 g/mol. The second kappa shape index (κ2) is 7.19. The molecule has 0 bridgehead atoms. The van der Waals surface area contributed by atoms with E-state index in [1.165, 1.54) is 12.1 Å². The SMILES string of the molecule is O=C(c1cccc2ccccc12)N1CCN(c2cccc(C(F)(F)F)c2)CC1. The fourth-order valence-electron chi connectivity index (χ4n) is 3.63. The first kappa shape index (κ1) is 18.3. The van der Waals surface area contributed by atoms with Crippen molar-refractivity contribution in [2.24, 2.45) is 0 Å². The summed E-state index contributed by atoms with van der Waals surface area (Å²) < 4.78 is 38.8. The summed E-state index contributed by atoms with van der Waals surface area (Å²) in [6.45, 7) is 1.94. The molecule has 3 aromatic rings. The molecule has 6 heteroatoms. The zero-order valence-electron chi connectivity index (χ0n) is 15.1. The molecule has 28 heavy (non-hydrogen) atoms. The summed E-state index contributed by atoms with van der Waals surface area (Å²) in [4.78, 5) is 16.7. The van der Waals surface area contributed by atoms with Crippen molar-refractivity contribution < 1.29 is 18.0 Å². The smallest absolute Gasteiger partial charge is 0.368 e. The highest BCUT2D eigenvalue weighted by molar-refractivity contribution is 6.07. The largest absolute Gasteiger partial charge is 0.416 e. The molecule has 1 saturated heterocycles. The normalized spacial score (nSPS) is 15.1. The van der Waals surface area contributed by atoms with Crippen LogP contribution in [0.1, 0.15) is 15.9 Å². The quantitative estimate of drug-likeness (QED) is 0.632. The van der Waals surface area contributed by atoms with Gasteiger partial charge in [-0.15, -0.1) is 0 Å². The van der Waals surface area contributed by atoms with Gasteiger partial charge in [0.25, 0.3) is 5.91 Å². The minimum Gasteiger partial charge on any atom is -0.368 e. The van der Waals surface area contributed by atoms with Crippen LogP contribution in [-0.2, 0) is 6.18 Å². The Labute approximate surface area is 161 Å². The van der Waals surface area contributed by atoms with E-state index < -0.39 is 11.7 Å². The van der Waals surface area contributed by atoms with Crippen LogP contribution in [-0.4, -0.2) is 37.0 Å². The van der Waals surface area contributed by atoms with Crippen molar-refractivity contribution in [3.8, 4) is 0 Å². The van der Waals surface area contributed by atoms with E-state index in [1.54, 1.807) is 11.0 Å². The van der Waals surface area contributed by atoms with Crippen LogP contribution < -0.4 is 4.90 Å². The standard InChI is InChI=1S/C22H19F3N2O/c23-22(24,25)17-7-4-8-18(15-17)26-11-13-27(14-12-26)21(28)20-10-3-6-16-5-1-2-9-19(16)20/h1-10,15H,11-14H2. The van der Waals surface area contributed by atoms with Crippen LogP contribution in [0.3, 0.4) is 0 Å². The van der Waals surface area contributed by atoms with Gasteiger partial charge in [-0.05, 0) is 35.0 Å². The summed E-state index contributed by atoms with van der Waals surface area (Å²) in [5, 5.41) is 1.92. The van der Waals surface area contributed by atoms with Crippen molar-refractivity contribution in [1.82, 2.24) is 4.90 Å². The second-order valence-corrected chi connectivity index (χ2v) is 6.85. The molecular formula is C22H19F3N2O. The first-order valence-electron chi connectivity index (χ1n) is 9.13. The second-order valence-electron chi connectivity index (χ2n) is 6.85. The molecule has 1 aliphatic heterocycles. The minimum atomic E-state index is -4.36. The van der Waals surface area contributed by atoms with Crippen molar-refractivity contribution in [3.63, 3.8) is 0 Å². The maximum atomic E-state index is 13.0. The zero-order valence-corrected chi connectivity index (χ0v) is 15.1. The maximum Gasteiger partial charge on any atom is 0.416 e. The van der Waals surface area contributed by atoms with E-state index in [-0.39, 0.29) is 5.91 Å². The van der Waals surface area contributed by atoms with Crippen molar-refractivity contribution in [2.45, 2.75) is 6.18 Å². The molecule has 1 fully saturated rings. The third kappa shape index (κ3) is 3.54. The molecule has 0 unspecified atom stereocenters. The summed E-state index contributed by atoms with van der Waals surface area (Å²) in [6, 6.07) is 18.7. The van der Waals surface area contributed by atoms with Crippen molar-refractivity contribution >= 4 is 22.4 Å². The van der Waals surface area contributed by atoms with E-state index >= 15 is 0 Å². The zero-order chi connectivity index (χ0) is 19.7. The Balaban J connectivity index is 1.49. The molecule has 0 aliphatic carbocycles. The fraction of sp³-hybridized carbons (Fsp3) is 0.227. The Morgan fingerprint density at radius 3 is 2.25 bits per heavy atom. The van der Waals surface area contributed by atoms with Gasteiger partial charge in [-0.1, -0.05) is 42.5 Å². The first-order valence-corrected chi connectivity index (χ1v) is 9.13. The Morgan fingerprint density at radius 2 is 1.50 bits per heavy atom. The lowest BCUT2D eigenvalue weighted by atomic mass is 10.0. The van der Waals surface area contributed by atoms with Crippen LogP contribution in [0.4, 0.5) is 18.9 Å². The number of halogens is 3. The number of rotatable bonds is 2. The molecule has 0 saturated carbocycles. The van der Waals surface area contributed by atoms with Crippen LogP contribution >= 0.6 is 0 Å². The molecule has 0 N–H and O–H groups in total. The van der Waals surface area contributed by atoms with Gasteiger partial charge in [0, 0.05) is 37.4 Å². The molecule has 1 heterocycles. The van der Waals surface area contributed by atoms with Crippen LogP contribution in [0.25, 0.3) is 10.8 Å². The number of hydrogen-bond donors (Lipinski definition) is 0. The summed E-state index contributed by atoms with van der Waals surface area (Å²) in [5.74, 6) is -0.0412. The van der Waals surface area contributed by atoms with Gasteiger partial charge < -0.3 is 9.80 Å². The van der Waals surface area contributed by atoms with E-state index in [9.17, 15) is 18.0 Å². The predicted molar refractivity (Wildman–Crippen MR) is 104 cm³/mol. The topological polar surface area (TPSA) is 23.6 Å². The van der Waals surface area contributed by atoms with Crippen molar-refractivity contribution in [2.75, 3.05) is 31.1 Å². The number of benzene rings is 3. The first-order chi connectivity index (χ1) is 13.4. The number of hydrogen-bond acceptors (Lipinski definition) is 2. The van der Waals surface area contributed by atoms with Crippen LogP contribution in [0.15, 0.2) is 66.7 Å². The molecule has 144 valence electrons. The number of piperazine rings is 1. The van der Waals surface area contributed by atoms with Gasteiger partial charge in [0.1, 0.15) is 0 Å². The van der Waals surface area contributed by atoms with Gasteiger partial charge in [-0.3, -0.25) is 4.79 Å². The third-order valence-electron chi connectivity index (χ3n) is 5.13. The van der Waals surface area contributed by atoms with Crippen molar-refractivity contribution in [1.29, 1.82) is 0 Å². The highest BCUT2D eigenvalue weighted by atomic mass is 19.4. The summed E-state index contributed by atoms with van der Waals surface area (Å²) in [6.07, 6.45) is -4.36. The Hall–Kier alpha value is -3.02. The van der Waals surface area contributed by atoms with Gasteiger partial charge in [0.15, 0.2) is 0 Å². The summed E-state index contributed by atoms with van der Waals surface area (Å²) in [5.41, 5.74) is 0.539. The molecule has 1 amide bonds. The van der Waals surface area contributed by atoms with Gasteiger partial charge in [-0.2, -0.15) is 13.2 Å². The van der Waals surface area contributed by atoms with Gasteiger partial charge in [-0.25, -0.2) is 0 Å². The third-order valence-corrected chi connectivity index (χ3v) is 5.13. The lowest BCUT2D eigenvalue weighted by Gasteiger charge is -2.36. The van der Waals surface area contributed by atoms with Crippen LogP contribution in [0, 0.1) is 0 Å². The summed E-state index contributed by atoms with van der Waals surface area (Å²) >= 11 is 0. The molecule has 4 rings (SSSR count). The lowest BCUT2D eigenvalue weighted by molar-refractivity contribution is -0.137. The van der Waals surface area contributed by atoms with E-state index in [0.717, 1.165) is 16.8 Å². The van der Waals surface area contributed by atoms with E-state index in [4.69, 9.17) is 0 Å². The molecule has 0 radical (unpaired) electrons. The number of fused-ring (bicyclic) bond motifs is 1. The minimum absolute atomic E-state index is 0.0412. The van der Waals surface area contributed by atoms with Crippen LogP contribution in [0.2, 0.25) is 0 Å². The molecule has 1 aliphatic rings. The molecule has 0 aromatic heterocycles. The van der Waals surface area contributed by atoms with Gasteiger partial charge in [0.2, 0.25) is 0 Å². The summed E-state index contributed by atoms with van der Waals surface area (Å²) in [7, 11) is 0. The van der Waals surface area contributed by atoms with E-state index in [2.05, 4.69) is 0 Å². The van der Waals surface area contributed by atoms with Gasteiger partial charge in [0.05, 0.1) is 5.56 Å². The van der Waals surface area contributed by atoms with Crippen molar-refractivity contribution in [3.05, 3.63) is 77.9 Å². The van der Waals surface area contributed by atoms with Crippen LogP contribution in [0.5, 0.6) is 0 Å². The molecule has 3 aromatic carbocycles. The highest BCUT2D eigenvalue weighted by Crippen LogP contribution is 2.32. The monoisotopic (exact) mass is 384 g/mol. The molecule has 3 nitrogen and oxygen atoms in total. The Kier molecular flexibility index (Phi) is 4.71. The lowest BCUT2D eigenvalue weighted by Crippen LogP contribution is -2.48. The van der Waals surface area contributed by atoms with E-state index in [1.807, 2.05) is 47.4 Å². The van der Waals surface area contributed by atoms with Gasteiger partial charge >= 0.3 is 6.18 Å². The molecule has 0 atom stereocenters. The molecular weight excluding hydrogens is 365 g/mol.